The van der Waals surface area contributed by atoms with Gasteiger partial charge in [-0.2, -0.15) is 0 Å². The maximum absolute atomic E-state index is 4.42. The Morgan fingerprint density at radius 3 is 2.76 bits per heavy atom. The number of hydrogen-bond donors (Lipinski definition) is 0. The molecule has 4 heteroatoms. The second-order valence-corrected chi connectivity index (χ2v) is 7.41. The molecule has 0 amide bonds. The molecule has 0 bridgehead atoms. The average molecular weight is 305 g/mol. The molecule has 21 heavy (non-hydrogen) atoms. The Hall–Kier alpha value is -0.870. The molecule has 2 saturated heterocycles. The molecule has 0 saturated carbocycles. The molecule has 1 atom stereocenters. The number of rotatable bonds is 5. The molecule has 0 spiro atoms. The number of aromatic nitrogens is 1. The zero-order valence-corrected chi connectivity index (χ0v) is 13.9. The largest absolute Gasteiger partial charge is 0.348 e. The topological polar surface area (TPSA) is 19.4 Å². The summed E-state index contributed by atoms with van der Waals surface area (Å²) < 4.78 is 0. The van der Waals surface area contributed by atoms with Gasteiger partial charge >= 0.3 is 0 Å². The van der Waals surface area contributed by atoms with Crippen LogP contribution >= 0.6 is 11.3 Å². The highest BCUT2D eigenvalue weighted by Crippen LogP contribution is 2.29. The van der Waals surface area contributed by atoms with Gasteiger partial charge in [0, 0.05) is 37.8 Å². The lowest BCUT2D eigenvalue weighted by Gasteiger charge is -2.33. The summed E-state index contributed by atoms with van der Waals surface area (Å²) in [5.74, 6) is 1.63. The van der Waals surface area contributed by atoms with E-state index in [0.29, 0.717) is 5.92 Å². The first-order valence-electron chi connectivity index (χ1n) is 8.30. The third-order valence-electron chi connectivity index (χ3n) is 5.14. The highest BCUT2D eigenvalue weighted by atomic mass is 32.1. The van der Waals surface area contributed by atoms with Gasteiger partial charge in [0.1, 0.15) is 0 Å². The molecule has 0 aromatic carbocycles. The molecule has 2 aliphatic rings. The van der Waals surface area contributed by atoms with Gasteiger partial charge in [-0.15, -0.1) is 11.3 Å². The summed E-state index contributed by atoms with van der Waals surface area (Å²) in [7, 11) is 0. The van der Waals surface area contributed by atoms with E-state index in [-0.39, 0.29) is 0 Å². The van der Waals surface area contributed by atoms with Crippen molar-refractivity contribution in [2.45, 2.75) is 32.6 Å². The van der Waals surface area contributed by atoms with E-state index in [0.717, 1.165) is 25.6 Å². The van der Waals surface area contributed by atoms with E-state index < -0.39 is 0 Å². The minimum absolute atomic E-state index is 0.710. The third kappa shape index (κ3) is 3.67. The second kappa shape index (κ2) is 6.93. The van der Waals surface area contributed by atoms with Crippen molar-refractivity contribution < 1.29 is 0 Å². The number of thiazole rings is 1. The lowest BCUT2D eigenvalue weighted by atomic mass is 9.90. The van der Waals surface area contributed by atoms with Crippen molar-refractivity contribution in [3.05, 3.63) is 23.7 Å². The molecule has 1 unspecified atom stereocenters. The Morgan fingerprint density at radius 1 is 1.33 bits per heavy atom. The zero-order valence-electron chi connectivity index (χ0n) is 13.1. The number of nitrogens with zero attached hydrogens (tertiary/aromatic N) is 3. The van der Waals surface area contributed by atoms with Crippen molar-refractivity contribution in [1.82, 2.24) is 9.88 Å². The van der Waals surface area contributed by atoms with Crippen LogP contribution in [0.3, 0.4) is 0 Å². The van der Waals surface area contributed by atoms with Gasteiger partial charge < -0.3 is 4.90 Å². The Bertz CT molecular complexity index is 449. The predicted octanol–water partition coefficient (Wildman–Crippen LogP) is 3.65. The summed E-state index contributed by atoms with van der Waals surface area (Å²) in [5, 5.41) is 3.25. The van der Waals surface area contributed by atoms with Crippen molar-refractivity contribution in [3.63, 3.8) is 0 Å². The van der Waals surface area contributed by atoms with Crippen LogP contribution in [-0.4, -0.2) is 42.6 Å². The van der Waals surface area contributed by atoms with Gasteiger partial charge in [-0.3, -0.25) is 4.90 Å². The molecule has 3 nitrogen and oxygen atoms in total. The molecule has 0 N–H and O–H groups in total. The van der Waals surface area contributed by atoms with Gasteiger partial charge in [0.05, 0.1) is 0 Å². The van der Waals surface area contributed by atoms with E-state index in [2.05, 4.69) is 33.7 Å². The average Bonchev–Trinajstić information content (AvgIpc) is 3.19. The van der Waals surface area contributed by atoms with Crippen LogP contribution in [0.5, 0.6) is 0 Å². The predicted molar refractivity (Wildman–Crippen MR) is 91.0 cm³/mol. The fourth-order valence-electron chi connectivity index (χ4n) is 3.66. The Kier molecular flexibility index (Phi) is 4.96. The first-order valence-corrected chi connectivity index (χ1v) is 9.18. The molecule has 0 radical (unpaired) electrons. The van der Waals surface area contributed by atoms with Gasteiger partial charge in [-0.05, 0) is 37.6 Å². The molecule has 0 aliphatic carbocycles. The molecule has 116 valence electrons. The first-order chi connectivity index (χ1) is 10.3. The van der Waals surface area contributed by atoms with E-state index in [1.807, 2.05) is 6.20 Å². The minimum Gasteiger partial charge on any atom is -0.348 e. The third-order valence-corrected chi connectivity index (χ3v) is 5.97. The van der Waals surface area contributed by atoms with Crippen LogP contribution in [0.1, 0.15) is 32.6 Å². The van der Waals surface area contributed by atoms with Crippen LogP contribution in [0.15, 0.2) is 23.7 Å². The fourth-order valence-corrected chi connectivity index (χ4v) is 4.35. The molecule has 1 aromatic heterocycles. The summed E-state index contributed by atoms with van der Waals surface area (Å²) in [6, 6.07) is 0. The molecule has 2 aliphatic heterocycles. The van der Waals surface area contributed by atoms with E-state index in [1.54, 1.807) is 11.3 Å². The van der Waals surface area contributed by atoms with Gasteiger partial charge in [-0.25, -0.2) is 4.98 Å². The lowest BCUT2D eigenvalue weighted by Crippen LogP contribution is -2.35. The highest BCUT2D eigenvalue weighted by Gasteiger charge is 2.26. The second-order valence-electron chi connectivity index (χ2n) is 6.53. The monoisotopic (exact) mass is 305 g/mol. The van der Waals surface area contributed by atoms with Crippen LogP contribution in [0.25, 0.3) is 0 Å². The van der Waals surface area contributed by atoms with Gasteiger partial charge in [0.15, 0.2) is 5.13 Å². The molecule has 3 heterocycles. The van der Waals surface area contributed by atoms with Crippen LogP contribution in [0.2, 0.25) is 0 Å². The molecular weight excluding hydrogens is 278 g/mol. The number of hydrogen-bond acceptors (Lipinski definition) is 4. The van der Waals surface area contributed by atoms with E-state index >= 15 is 0 Å². The van der Waals surface area contributed by atoms with Crippen LogP contribution in [0.4, 0.5) is 5.13 Å². The van der Waals surface area contributed by atoms with Crippen LogP contribution in [-0.2, 0) is 0 Å². The van der Waals surface area contributed by atoms with Crippen molar-refractivity contribution >= 4 is 16.5 Å². The lowest BCUT2D eigenvalue weighted by molar-refractivity contribution is 0.326. The van der Waals surface area contributed by atoms with E-state index in [1.165, 1.54) is 49.5 Å². The maximum atomic E-state index is 4.42. The van der Waals surface area contributed by atoms with Gasteiger partial charge in [0.2, 0.25) is 0 Å². The van der Waals surface area contributed by atoms with Gasteiger partial charge in [-0.1, -0.05) is 25.5 Å². The Labute approximate surface area is 132 Å². The number of likely N-dealkylation sites (tertiary alicyclic amines) is 1. The van der Waals surface area contributed by atoms with Crippen molar-refractivity contribution in [1.29, 1.82) is 0 Å². The quantitative estimate of drug-likeness (QED) is 0.774. The summed E-state index contributed by atoms with van der Waals surface area (Å²) in [4.78, 5) is 9.47. The minimum atomic E-state index is 0.710. The number of piperidine rings is 1. The van der Waals surface area contributed by atoms with E-state index in [9.17, 15) is 0 Å². The Balaban J connectivity index is 1.45. The number of anilines is 1. The van der Waals surface area contributed by atoms with Gasteiger partial charge in [0.25, 0.3) is 0 Å². The molecular formula is C17H27N3S. The SMILES string of the molecule is C=C(CN1CCC(CC)C1)C1CCN(c2nccs2)CC1. The standard InChI is InChI=1S/C17H27N3S/c1-3-15-4-8-19(13-15)12-14(2)16-5-9-20(10-6-16)17-18-7-11-21-17/h7,11,15-16H,2-6,8-10,12-13H2,1H3. The highest BCUT2D eigenvalue weighted by molar-refractivity contribution is 7.13. The van der Waals surface area contributed by atoms with Crippen LogP contribution in [0, 0.1) is 11.8 Å². The van der Waals surface area contributed by atoms with E-state index in [4.69, 9.17) is 0 Å². The van der Waals surface area contributed by atoms with Crippen molar-refractivity contribution in [2.24, 2.45) is 11.8 Å². The first kappa shape index (κ1) is 15.0. The summed E-state index contributed by atoms with van der Waals surface area (Å²) in [5.41, 5.74) is 1.46. The van der Waals surface area contributed by atoms with Crippen molar-refractivity contribution in [2.75, 3.05) is 37.6 Å². The fraction of sp³-hybridized carbons (Fsp3) is 0.706. The summed E-state index contributed by atoms with van der Waals surface area (Å²) in [6.07, 6.45) is 7.09. The maximum Gasteiger partial charge on any atom is 0.185 e. The normalized spacial score (nSPS) is 24.6. The molecule has 2 fully saturated rings. The smallest absolute Gasteiger partial charge is 0.185 e. The zero-order chi connectivity index (χ0) is 14.7. The summed E-state index contributed by atoms with van der Waals surface area (Å²) in [6.45, 7) is 12.7. The molecule has 3 rings (SSSR count). The summed E-state index contributed by atoms with van der Waals surface area (Å²) >= 11 is 1.75. The molecule has 1 aromatic rings. The Morgan fingerprint density at radius 2 is 2.14 bits per heavy atom. The van der Waals surface area contributed by atoms with Crippen LogP contribution < -0.4 is 4.90 Å². The van der Waals surface area contributed by atoms with Crippen molar-refractivity contribution in [3.8, 4) is 0 Å².